The second-order valence-corrected chi connectivity index (χ2v) is 2.09. The molecule has 0 saturated carbocycles. The lowest BCUT2D eigenvalue weighted by atomic mass is 10.3. The van der Waals surface area contributed by atoms with Crippen molar-refractivity contribution in [2.75, 3.05) is 6.54 Å². The zero-order chi connectivity index (χ0) is 8.69. The van der Waals surface area contributed by atoms with E-state index in [0.717, 1.165) is 0 Å². The second-order valence-electron chi connectivity index (χ2n) is 2.09. The fraction of sp³-hybridized carbons (Fsp3) is 0.429. The first-order valence-corrected chi connectivity index (χ1v) is 3.29. The fourth-order valence-corrected chi connectivity index (χ4v) is 0.498. The van der Waals surface area contributed by atoms with Gasteiger partial charge in [0.2, 0.25) is 12.3 Å². The number of carbonyl (C=O) groups is 2. The van der Waals surface area contributed by atoms with Gasteiger partial charge >= 0.3 is 0 Å². The summed E-state index contributed by atoms with van der Waals surface area (Å²) >= 11 is 0. The number of hydrogen-bond donors (Lipinski definition) is 2. The van der Waals surface area contributed by atoms with Crippen molar-refractivity contribution in [3.05, 3.63) is 12.7 Å². The summed E-state index contributed by atoms with van der Waals surface area (Å²) in [5.74, 6) is -0.218. The number of hydrogen-bond acceptors (Lipinski definition) is 2. The lowest BCUT2D eigenvalue weighted by Crippen LogP contribution is -2.37. The molecule has 0 aromatic rings. The summed E-state index contributed by atoms with van der Waals surface area (Å²) in [5, 5.41) is 4.84. The topological polar surface area (TPSA) is 58.2 Å². The lowest BCUT2D eigenvalue weighted by Gasteiger charge is -2.07. The number of nitrogens with one attached hydrogen (secondary N) is 2. The standard InChI is InChI=1S/C7H12N2O2/c1-3-6(2)9-7(11)4-8-5-10/h3,5-6H,1,4H2,2H3,(H,8,10)(H,9,11). The number of rotatable bonds is 5. The molecule has 0 bridgehead atoms. The van der Waals surface area contributed by atoms with Crippen LogP contribution in [0.25, 0.3) is 0 Å². The highest BCUT2D eigenvalue weighted by Gasteiger charge is 2.01. The van der Waals surface area contributed by atoms with E-state index in [4.69, 9.17) is 0 Å². The third kappa shape index (κ3) is 5.14. The van der Waals surface area contributed by atoms with Gasteiger partial charge in [0.25, 0.3) is 0 Å². The third-order valence-corrected chi connectivity index (χ3v) is 1.09. The van der Waals surface area contributed by atoms with E-state index in [1.54, 1.807) is 13.0 Å². The van der Waals surface area contributed by atoms with Crippen LogP contribution in [0.4, 0.5) is 0 Å². The average Bonchev–Trinajstić information content (AvgIpc) is 2.00. The molecule has 1 unspecified atom stereocenters. The summed E-state index contributed by atoms with van der Waals surface area (Å²) in [6.45, 7) is 5.30. The molecule has 2 N–H and O–H groups in total. The van der Waals surface area contributed by atoms with Crippen molar-refractivity contribution >= 4 is 12.3 Å². The first-order valence-electron chi connectivity index (χ1n) is 3.29. The Morgan fingerprint density at radius 3 is 2.82 bits per heavy atom. The van der Waals surface area contributed by atoms with Crippen molar-refractivity contribution in [3.63, 3.8) is 0 Å². The highest BCUT2D eigenvalue weighted by Crippen LogP contribution is 1.79. The van der Waals surface area contributed by atoms with Crippen LogP contribution >= 0.6 is 0 Å². The Balaban J connectivity index is 3.51. The molecule has 0 aromatic heterocycles. The molecular weight excluding hydrogens is 144 g/mol. The van der Waals surface area contributed by atoms with Crippen molar-refractivity contribution in [2.24, 2.45) is 0 Å². The van der Waals surface area contributed by atoms with Gasteiger partial charge in [-0.05, 0) is 6.92 Å². The SMILES string of the molecule is C=CC(C)NC(=O)CNC=O. The van der Waals surface area contributed by atoms with Crippen molar-refractivity contribution in [1.29, 1.82) is 0 Å². The first kappa shape index (κ1) is 9.68. The summed E-state index contributed by atoms with van der Waals surface area (Å²) in [4.78, 5) is 20.5. The van der Waals surface area contributed by atoms with E-state index in [-0.39, 0.29) is 18.5 Å². The fourth-order valence-electron chi connectivity index (χ4n) is 0.498. The molecule has 0 aromatic carbocycles. The van der Waals surface area contributed by atoms with Crippen LogP contribution in [0.5, 0.6) is 0 Å². The van der Waals surface area contributed by atoms with Gasteiger partial charge in [-0.3, -0.25) is 9.59 Å². The zero-order valence-corrected chi connectivity index (χ0v) is 6.46. The van der Waals surface area contributed by atoms with Crippen molar-refractivity contribution in [1.82, 2.24) is 10.6 Å². The van der Waals surface area contributed by atoms with E-state index >= 15 is 0 Å². The van der Waals surface area contributed by atoms with Crippen LogP contribution in [-0.4, -0.2) is 24.9 Å². The molecule has 2 amide bonds. The van der Waals surface area contributed by atoms with E-state index in [2.05, 4.69) is 17.2 Å². The minimum absolute atomic E-state index is 0.0156. The van der Waals surface area contributed by atoms with Gasteiger partial charge in [0.15, 0.2) is 0 Å². The van der Waals surface area contributed by atoms with Crippen LogP contribution in [-0.2, 0) is 9.59 Å². The Hall–Kier alpha value is -1.32. The molecule has 0 aliphatic rings. The molecule has 0 spiro atoms. The molecule has 62 valence electrons. The van der Waals surface area contributed by atoms with Crippen molar-refractivity contribution in [2.45, 2.75) is 13.0 Å². The third-order valence-electron chi connectivity index (χ3n) is 1.09. The van der Waals surface area contributed by atoms with Gasteiger partial charge in [0.1, 0.15) is 0 Å². The molecule has 1 atom stereocenters. The number of amides is 2. The maximum Gasteiger partial charge on any atom is 0.239 e. The van der Waals surface area contributed by atoms with Crippen LogP contribution < -0.4 is 10.6 Å². The molecule has 0 fully saturated rings. The van der Waals surface area contributed by atoms with Gasteiger partial charge in [-0.1, -0.05) is 6.08 Å². The summed E-state index contributed by atoms with van der Waals surface area (Å²) < 4.78 is 0. The van der Waals surface area contributed by atoms with Gasteiger partial charge in [-0.15, -0.1) is 6.58 Å². The van der Waals surface area contributed by atoms with Gasteiger partial charge in [-0.25, -0.2) is 0 Å². The lowest BCUT2D eigenvalue weighted by molar-refractivity contribution is -0.122. The van der Waals surface area contributed by atoms with Crippen LogP contribution in [0.15, 0.2) is 12.7 Å². The van der Waals surface area contributed by atoms with E-state index in [9.17, 15) is 9.59 Å². The predicted octanol–water partition coefficient (Wildman–Crippen LogP) is -0.577. The summed E-state index contributed by atoms with van der Waals surface area (Å²) in [5.41, 5.74) is 0. The number of carbonyl (C=O) groups excluding carboxylic acids is 2. The smallest absolute Gasteiger partial charge is 0.239 e. The molecule has 0 aliphatic carbocycles. The molecule has 0 heterocycles. The summed E-state index contributed by atoms with van der Waals surface area (Å²) in [7, 11) is 0. The molecule has 0 rings (SSSR count). The minimum atomic E-state index is -0.218. The second kappa shape index (κ2) is 5.46. The predicted molar refractivity (Wildman–Crippen MR) is 41.9 cm³/mol. The van der Waals surface area contributed by atoms with Crippen LogP contribution in [0.1, 0.15) is 6.92 Å². The molecule has 4 heteroatoms. The Labute approximate surface area is 65.7 Å². The Morgan fingerprint density at radius 1 is 1.73 bits per heavy atom. The molecule has 11 heavy (non-hydrogen) atoms. The monoisotopic (exact) mass is 156 g/mol. The highest BCUT2D eigenvalue weighted by molar-refractivity contribution is 5.80. The molecule has 0 aliphatic heterocycles. The van der Waals surface area contributed by atoms with E-state index in [1.165, 1.54) is 0 Å². The largest absolute Gasteiger partial charge is 0.350 e. The van der Waals surface area contributed by atoms with Gasteiger partial charge < -0.3 is 10.6 Å². The van der Waals surface area contributed by atoms with Crippen molar-refractivity contribution in [3.8, 4) is 0 Å². The molecule has 0 radical (unpaired) electrons. The average molecular weight is 156 g/mol. The summed E-state index contributed by atoms with van der Waals surface area (Å²) in [6.07, 6.45) is 2.09. The van der Waals surface area contributed by atoms with Gasteiger partial charge in [-0.2, -0.15) is 0 Å². The zero-order valence-electron chi connectivity index (χ0n) is 6.46. The maximum atomic E-state index is 10.8. The molecule has 0 saturated heterocycles. The van der Waals surface area contributed by atoms with E-state index in [1.807, 2.05) is 0 Å². The molecule has 4 nitrogen and oxygen atoms in total. The quantitative estimate of drug-likeness (QED) is 0.413. The van der Waals surface area contributed by atoms with Crippen LogP contribution in [0.3, 0.4) is 0 Å². The maximum absolute atomic E-state index is 10.8. The Bertz CT molecular complexity index is 157. The first-order chi connectivity index (χ1) is 5.20. The Kier molecular flexibility index (Phi) is 4.81. The normalized spacial score (nSPS) is 11.4. The van der Waals surface area contributed by atoms with E-state index < -0.39 is 0 Å². The van der Waals surface area contributed by atoms with Crippen LogP contribution in [0.2, 0.25) is 0 Å². The van der Waals surface area contributed by atoms with Crippen LogP contribution in [0, 0.1) is 0 Å². The van der Waals surface area contributed by atoms with E-state index in [0.29, 0.717) is 6.41 Å². The molecular formula is C7H12N2O2. The highest BCUT2D eigenvalue weighted by atomic mass is 16.2. The van der Waals surface area contributed by atoms with Gasteiger partial charge in [0.05, 0.1) is 6.54 Å². The van der Waals surface area contributed by atoms with Crippen molar-refractivity contribution < 1.29 is 9.59 Å². The minimum Gasteiger partial charge on any atom is -0.350 e. The summed E-state index contributed by atoms with van der Waals surface area (Å²) in [6, 6.07) is -0.0593. The van der Waals surface area contributed by atoms with Gasteiger partial charge in [0, 0.05) is 6.04 Å². The Morgan fingerprint density at radius 2 is 2.36 bits per heavy atom.